The molecule has 2 rings (SSSR count). The molecule has 2 N–H and O–H groups in total. The van der Waals surface area contributed by atoms with Crippen LogP contribution in [-0.2, 0) is 16.2 Å². The first-order valence-electron chi connectivity index (χ1n) is 6.61. The van der Waals surface area contributed by atoms with Crippen molar-refractivity contribution in [1.82, 2.24) is 4.57 Å². The van der Waals surface area contributed by atoms with E-state index in [1.165, 1.54) is 17.7 Å². The third kappa shape index (κ3) is 3.67. The summed E-state index contributed by atoms with van der Waals surface area (Å²) in [6, 6.07) is 3.57. The van der Waals surface area contributed by atoms with E-state index in [1.807, 2.05) is 0 Å². The highest BCUT2D eigenvalue weighted by molar-refractivity contribution is 6.00. The van der Waals surface area contributed by atoms with Gasteiger partial charge in [-0.2, -0.15) is 0 Å². The molecule has 0 aliphatic carbocycles. The molecule has 6 nitrogen and oxygen atoms in total. The van der Waals surface area contributed by atoms with E-state index >= 15 is 0 Å². The van der Waals surface area contributed by atoms with Gasteiger partial charge in [0.1, 0.15) is 18.2 Å². The van der Waals surface area contributed by atoms with Crippen LogP contribution in [0, 0.1) is 0 Å². The summed E-state index contributed by atoms with van der Waals surface area (Å²) in [6.07, 6.45) is -4.83. The van der Waals surface area contributed by atoms with E-state index in [-0.39, 0.29) is 24.7 Å². The van der Waals surface area contributed by atoms with Gasteiger partial charge >= 0.3 is 12.3 Å². The van der Waals surface area contributed by atoms with Crippen molar-refractivity contribution in [3.63, 3.8) is 0 Å². The van der Waals surface area contributed by atoms with Crippen LogP contribution in [0.3, 0.4) is 0 Å². The molecule has 0 saturated heterocycles. The molecule has 0 bridgehead atoms. The fourth-order valence-corrected chi connectivity index (χ4v) is 2.25. The number of nitrogen functional groups attached to an aromatic ring is 1. The first kappa shape index (κ1) is 16.9. The number of fused-ring (bicyclic) bond motifs is 1. The van der Waals surface area contributed by atoms with E-state index in [9.17, 15) is 18.0 Å². The van der Waals surface area contributed by atoms with Gasteiger partial charge in [0.15, 0.2) is 0 Å². The standard InChI is InChI=1S/C14H15F3N2O4/c1-3-22-13(20)11-5-8-4-9(23-14(15,16)17)6-10(18)12(8)19(11)7-21-2/h4-6H,3,7,18H2,1-2H3. The highest BCUT2D eigenvalue weighted by Crippen LogP contribution is 2.33. The molecule has 0 spiro atoms. The van der Waals surface area contributed by atoms with Crippen LogP contribution in [0.25, 0.3) is 10.9 Å². The number of methoxy groups -OCH3 is 1. The molecule has 0 atom stereocenters. The Morgan fingerprint density at radius 1 is 1.30 bits per heavy atom. The summed E-state index contributed by atoms with van der Waals surface area (Å²) in [5.74, 6) is -1.09. The zero-order chi connectivity index (χ0) is 17.2. The summed E-state index contributed by atoms with van der Waals surface area (Å²) < 4.78 is 52.3. The number of carbonyl (C=O) groups excluding carboxylic acids is 1. The average Bonchev–Trinajstić information content (AvgIpc) is 2.76. The molecule has 23 heavy (non-hydrogen) atoms. The number of esters is 1. The number of hydrogen-bond acceptors (Lipinski definition) is 5. The molecule has 1 heterocycles. The maximum absolute atomic E-state index is 12.3. The Balaban J connectivity index is 2.58. The van der Waals surface area contributed by atoms with E-state index < -0.39 is 18.1 Å². The van der Waals surface area contributed by atoms with Crippen LogP contribution in [0.5, 0.6) is 5.75 Å². The monoisotopic (exact) mass is 332 g/mol. The van der Waals surface area contributed by atoms with Gasteiger partial charge in [-0.1, -0.05) is 0 Å². The lowest BCUT2D eigenvalue weighted by atomic mass is 10.2. The SMILES string of the molecule is CCOC(=O)c1cc2cc(OC(F)(F)F)cc(N)c2n1COC. The maximum Gasteiger partial charge on any atom is 0.573 e. The van der Waals surface area contributed by atoms with Gasteiger partial charge in [0, 0.05) is 18.6 Å². The van der Waals surface area contributed by atoms with Crippen LogP contribution >= 0.6 is 0 Å². The second-order valence-corrected chi connectivity index (χ2v) is 4.59. The van der Waals surface area contributed by atoms with Gasteiger partial charge in [-0.3, -0.25) is 0 Å². The number of halogens is 3. The Kier molecular flexibility index (Phi) is 4.69. The molecule has 126 valence electrons. The van der Waals surface area contributed by atoms with E-state index in [4.69, 9.17) is 15.2 Å². The van der Waals surface area contributed by atoms with E-state index in [1.54, 1.807) is 6.92 Å². The maximum atomic E-state index is 12.3. The summed E-state index contributed by atoms with van der Waals surface area (Å²) in [5.41, 5.74) is 6.33. The Morgan fingerprint density at radius 3 is 2.57 bits per heavy atom. The van der Waals surface area contributed by atoms with Gasteiger partial charge in [-0.25, -0.2) is 4.79 Å². The van der Waals surface area contributed by atoms with E-state index in [0.29, 0.717) is 10.9 Å². The number of carbonyl (C=O) groups is 1. The van der Waals surface area contributed by atoms with E-state index in [0.717, 1.165) is 12.1 Å². The number of aromatic nitrogens is 1. The number of ether oxygens (including phenoxy) is 3. The van der Waals surface area contributed by atoms with Crippen molar-refractivity contribution in [1.29, 1.82) is 0 Å². The molecule has 1 aromatic heterocycles. The summed E-state index contributed by atoms with van der Waals surface area (Å²) >= 11 is 0. The molecule has 0 aliphatic rings. The fourth-order valence-electron chi connectivity index (χ4n) is 2.25. The third-order valence-corrected chi connectivity index (χ3v) is 2.97. The zero-order valence-corrected chi connectivity index (χ0v) is 12.4. The van der Waals surface area contributed by atoms with Crippen molar-refractivity contribution in [2.45, 2.75) is 20.0 Å². The van der Waals surface area contributed by atoms with Gasteiger partial charge in [-0.05, 0) is 19.1 Å². The highest BCUT2D eigenvalue weighted by Gasteiger charge is 2.31. The van der Waals surface area contributed by atoms with Crippen LogP contribution in [0.2, 0.25) is 0 Å². The normalized spacial score (nSPS) is 11.7. The summed E-state index contributed by atoms with van der Waals surface area (Å²) in [6.45, 7) is 1.79. The minimum atomic E-state index is -4.83. The van der Waals surface area contributed by atoms with Crippen molar-refractivity contribution in [2.75, 3.05) is 19.5 Å². The molecule has 2 aromatic rings. The number of rotatable bonds is 5. The second-order valence-electron chi connectivity index (χ2n) is 4.59. The van der Waals surface area contributed by atoms with Crippen LogP contribution in [0.4, 0.5) is 18.9 Å². The predicted octanol–water partition coefficient (Wildman–Crippen LogP) is 2.90. The summed E-state index contributed by atoms with van der Waals surface area (Å²) in [4.78, 5) is 12.0. The van der Waals surface area contributed by atoms with Gasteiger partial charge < -0.3 is 24.5 Å². The van der Waals surface area contributed by atoms with Crippen molar-refractivity contribution in [2.24, 2.45) is 0 Å². The Morgan fingerprint density at radius 2 is 2.00 bits per heavy atom. The number of nitrogens with two attached hydrogens (primary N) is 1. The smallest absolute Gasteiger partial charge is 0.461 e. The first-order chi connectivity index (χ1) is 10.8. The lowest BCUT2D eigenvalue weighted by Gasteiger charge is -2.12. The largest absolute Gasteiger partial charge is 0.573 e. The Hall–Kier alpha value is -2.42. The van der Waals surface area contributed by atoms with Gasteiger partial charge in [-0.15, -0.1) is 13.2 Å². The first-order valence-corrected chi connectivity index (χ1v) is 6.61. The quantitative estimate of drug-likeness (QED) is 0.673. The van der Waals surface area contributed by atoms with E-state index in [2.05, 4.69) is 4.74 Å². The zero-order valence-electron chi connectivity index (χ0n) is 12.4. The average molecular weight is 332 g/mol. The molecule has 0 aliphatic heterocycles. The predicted molar refractivity (Wildman–Crippen MR) is 76.0 cm³/mol. The van der Waals surface area contributed by atoms with Crippen molar-refractivity contribution in [3.05, 3.63) is 23.9 Å². The molecule has 0 fully saturated rings. The molecular formula is C14H15F3N2O4. The lowest BCUT2D eigenvalue weighted by molar-refractivity contribution is -0.274. The van der Waals surface area contributed by atoms with Gasteiger partial charge in [0.05, 0.1) is 17.8 Å². The molecule has 0 radical (unpaired) electrons. The number of anilines is 1. The third-order valence-electron chi connectivity index (χ3n) is 2.97. The Labute approximate surface area is 129 Å². The molecular weight excluding hydrogens is 317 g/mol. The fraction of sp³-hybridized carbons (Fsp3) is 0.357. The number of benzene rings is 1. The minimum Gasteiger partial charge on any atom is -0.461 e. The second kappa shape index (κ2) is 6.37. The molecule has 9 heteroatoms. The van der Waals surface area contributed by atoms with Gasteiger partial charge in [0.2, 0.25) is 0 Å². The topological polar surface area (TPSA) is 75.7 Å². The van der Waals surface area contributed by atoms with Crippen molar-refractivity contribution < 1.29 is 32.2 Å². The van der Waals surface area contributed by atoms with Crippen molar-refractivity contribution >= 4 is 22.6 Å². The summed E-state index contributed by atoms with van der Waals surface area (Å²) in [5, 5.41) is 0.310. The van der Waals surface area contributed by atoms with Crippen LogP contribution in [-0.4, -0.2) is 30.6 Å². The number of alkyl halides is 3. The molecule has 1 aromatic carbocycles. The lowest BCUT2D eigenvalue weighted by Crippen LogP contribution is -2.17. The number of hydrogen-bond donors (Lipinski definition) is 1. The molecule has 0 saturated carbocycles. The minimum absolute atomic E-state index is 0.0126. The van der Waals surface area contributed by atoms with Crippen molar-refractivity contribution in [3.8, 4) is 5.75 Å². The van der Waals surface area contributed by atoms with Gasteiger partial charge in [0.25, 0.3) is 0 Å². The van der Waals surface area contributed by atoms with Crippen LogP contribution < -0.4 is 10.5 Å². The summed E-state index contributed by atoms with van der Waals surface area (Å²) in [7, 11) is 1.41. The highest BCUT2D eigenvalue weighted by atomic mass is 19.4. The van der Waals surface area contributed by atoms with Crippen LogP contribution in [0.1, 0.15) is 17.4 Å². The van der Waals surface area contributed by atoms with Crippen LogP contribution in [0.15, 0.2) is 18.2 Å². The molecule has 0 amide bonds. The Bertz CT molecular complexity index is 725. The molecule has 0 unspecified atom stereocenters. The number of nitrogens with zero attached hydrogens (tertiary/aromatic N) is 1.